The standard InChI is InChI=1S/C26H26ClN3O2/c1-18-12-14-20(15-13-18)26(31)28-19(2)25-29-22-9-4-5-10-23(22)30(25)16-7-17-32-24-11-6-3-8-21(24)27/h3-6,8-15,19H,7,16-17H2,1-2H3,(H,28,31). The molecule has 3 aromatic carbocycles. The maximum absolute atomic E-state index is 12.7. The summed E-state index contributed by atoms with van der Waals surface area (Å²) in [6.07, 6.45) is 0.775. The van der Waals surface area contributed by atoms with E-state index in [-0.39, 0.29) is 11.9 Å². The number of nitrogens with zero attached hydrogens (tertiary/aromatic N) is 2. The van der Waals surface area contributed by atoms with Crippen molar-refractivity contribution in [1.82, 2.24) is 14.9 Å². The van der Waals surface area contributed by atoms with Crippen LogP contribution in [0.3, 0.4) is 0 Å². The van der Waals surface area contributed by atoms with Crippen LogP contribution < -0.4 is 10.1 Å². The number of benzene rings is 3. The molecular formula is C26H26ClN3O2. The molecule has 1 unspecified atom stereocenters. The Morgan fingerprint density at radius 2 is 1.78 bits per heavy atom. The maximum Gasteiger partial charge on any atom is 0.251 e. The Bertz CT molecular complexity index is 1220. The zero-order valence-corrected chi connectivity index (χ0v) is 19.0. The Labute approximate surface area is 193 Å². The summed E-state index contributed by atoms with van der Waals surface area (Å²) in [6.45, 7) is 5.21. The molecule has 0 fully saturated rings. The van der Waals surface area contributed by atoms with Gasteiger partial charge < -0.3 is 14.6 Å². The van der Waals surface area contributed by atoms with Gasteiger partial charge in [-0.3, -0.25) is 4.79 Å². The number of rotatable bonds is 8. The summed E-state index contributed by atoms with van der Waals surface area (Å²) in [5, 5.41) is 3.69. The van der Waals surface area contributed by atoms with Crippen LogP contribution >= 0.6 is 11.6 Å². The Kier molecular flexibility index (Phi) is 6.76. The fourth-order valence-electron chi connectivity index (χ4n) is 3.68. The number of carbonyl (C=O) groups excluding carboxylic acids is 1. The minimum absolute atomic E-state index is 0.113. The lowest BCUT2D eigenvalue weighted by Gasteiger charge is -2.17. The number of amides is 1. The molecule has 0 saturated carbocycles. The Balaban J connectivity index is 1.48. The third-order valence-electron chi connectivity index (χ3n) is 5.35. The van der Waals surface area contributed by atoms with Crippen molar-refractivity contribution in [2.24, 2.45) is 0 Å². The molecule has 4 aromatic rings. The molecule has 0 aliphatic heterocycles. The number of imidazole rings is 1. The third-order valence-corrected chi connectivity index (χ3v) is 5.67. The van der Waals surface area contributed by atoms with E-state index in [1.807, 2.05) is 80.6 Å². The minimum atomic E-state index is -0.249. The summed E-state index contributed by atoms with van der Waals surface area (Å²) < 4.78 is 8.00. The van der Waals surface area contributed by atoms with Gasteiger partial charge in [-0.15, -0.1) is 0 Å². The number of para-hydroxylation sites is 3. The minimum Gasteiger partial charge on any atom is -0.492 e. The second-order valence-corrected chi connectivity index (χ2v) is 8.21. The summed E-state index contributed by atoms with van der Waals surface area (Å²) in [7, 11) is 0. The van der Waals surface area contributed by atoms with Gasteiger partial charge in [0.2, 0.25) is 0 Å². The molecule has 0 spiro atoms. The van der Waals surface area contributed by atoms with E-state index in [9.17, 15) is 4.79 Å². The average molecular weight is 448 g/mol. The number of fused-ring (bicyclic) bond motifs is 1. The van der Waals surface area contributed by atoms with E-state index >= 15 is 0 Å². The number of hydrogen-bond donors (Lipinski definition) is 1. The SMILES string of the molecule is Cc1ccc(C(=O)NC(C)c2nc3ccccc3n2CCCOc2ccccc2Cl)cc1. The molecule has 1 aromatic heterocycles. The van der Waals surface area contributed by atoms with Gasteiger partial charge in [-0.1, -0.05) is 53.6 Å². The molecule has 6 heteroatoms. The lowest BCUT2D eigenvalue weighted by atomic mass is 10.1. The van der Waals surface area contributed by atoms with Gasteiger partial charge in [-0.05, 0) is 56.7 Å². The normalized spacial score (nSPS) is 12.0. The van der Waals surface area contributed by atoms with Crippen molar-refractivity contribution >= 4 is 28.5 Å². The molecule has 32 heavy (non-hydrogen) atoms. The predicted molar refractivity (Wildman–Crippen MR) is 128 cm³/mol. The second kappa shape index (κ2) is 9.88. The highest BCUT2D eigenvalue weighted by Crippen LogP contribution is 2.24. The van der Waals surface area contributed by atoms with Crippen LogP contribution in [0.15, 0.2) is 72.8 Å². The second-order valence-electron chi connectivity index (χ2n) is 7.80. The largest absolute Gasteiger partial charge is 0.492 e. The van der Waals surface area contributed by atoms with E-state index in [1.54, 1.807) is 0 Å². The zero-order valence-electron chi connectivity index (χ0n) is 18.2. The van der Waals surface area contributed by atoms with Crippen LogP contribution in [0.4, 0.5) is 0 Å². The summed E-state index contributed by atoms with van der Waals surface area (Å²) in [6, 6.07) is 22.8. The van der Waals surface area contributed by atoms with Gasteiger partial charge >= 0.3 is 0 Å². The molecule has 1 atom stereocenters. The van der Waals surface area contributed by atoms with Crippen molar-refractivity contribution < 1.29 is 9.53 Å². The summed E-state index contributed by atoms with van der Waals surface area (Å²) in [4.78, 5) is 17.5. The van der Waals surface area contributed by atoms with Crippen molar-refractivity contribution in [2.45, 2.75) is 32.9 Å². The summed E-state index contributed by atoms with van der Waals surface area (Å²) in [5.41, 5.74) is 3.70. The molecule has 0 saturated heterocycles. The van der Waals surface area contributed by atoms with Gasteiger partial charge in [0.15, 0.2) is 0 Å². The molecule has 0 bridgehead atoms. The van der Waals surface area contributed by atoms with Crippen molar-refractivity contribution in [3.63, 3.8) is 0 Å². The number of aromatic nitrogens is 2. The first kappa shape index (κ1) is 21.9. The Morgan fingerprint density at radius 1 is 1.06 bits per heavy atom. The predicted octanol–water partition coefficient (Wildman–Crippen LogP) is 5.96. The maximum atomic E-state index is 12.7. The van der Waals surface area contributed by atoms with Crippen LogP contribution in [0.2, 0.25) is 5.02 Å². The fourth-order valence-corrected chi connectivity index (χ4v) is 3.87. The Morgan fingerprint density at radius 3 is 2.56 bits per heavy atom. The van der Waals surface area contributed by atoms with Gasteiger partial charge in [0.1, 0.15) is 11.6 Å². The lowest BCUT2D eigenvalue weighted by Crippen LogP contribution is -2.28. The highest BCUT2D eigenvalue weighted by Gasteiger charge is 2.19. The van der Waals surface area contributed by atoms with E-state index in [0.29, 0.717) is 29.5 Å². The van der Waals surface area contributed by atoms with E-state index in [0.717, 1.165) is 28.8 Å². The van der Waals surface area contributed by atoms with Crippen LogP contribution in [-0.2, 0) is 6.54 Å². The quantitative estimate of drug-likeness (QED) is 0.339. The van der Waals surface area contributed by atoms with Gasteiger partial charge in [0, 0.05) is 12.1 Å². The van der Waals surface area contributed by atoms with Crippen LogP contribution in [-0.4, -0.2) is 22.1 Å². The van der Waals surface area contributed by atoms with Crippen LogP contribution in [0.5, 0.6) is 5.75 Å². The van der Waals surface area contributed by atoms with Crippen LogP contribution in [0, 0.1) is 6.92 Å². The molecule has 1 heterocycles. The van der Waals surface area contributed by atoms with E-state index in [4.69, 9.17) is 21.3 Å². The molecule has 1 amide bonds. The summed E-state index contributed by atoms with van der Waals surface area (Å²) >= 11 is 6.17. The number of ether oxygens (including phenoxy) is 1. The highest BCUT2D eigenvalue weighted by molar-refractivity contribution is 6.32. The first-order valence-electron chi connectivity index (χ1n) is 10.7. The molecule has 0 radical (unpaired) electrons. The molecule has 4 rings (SSSR count). The van der Waals surface area contributed by atoms with E-state index < -0.39 is 0 Å². The molecular weight excluding hydrogens is 422 g/mol. The topological polar surface area (TPSA) is 56.2 Å². The van der Waals surface area contributed by atoms with Crippen LogP contribution in [0.25, 0.3) is 11.0 Å². The van der Waals surface area contributed by atoms with E-state index in [2.05, 4.69) is 16.0 Å². The molecule has 164 valence electrons. The molecule has 0 aliphatic carbocycles. The van der Waals surface area contributed by atoms with Crippen molar-refractivity contribution in [2.75, 3.05) is 6.61 Å². The summed E-state index contributed by atoms with van der Waals surface area (Å²) in [5.74, 6) is 1.39. The molecule has 5 nitrogen and oxygen atoms in total. The molecule has 1 N–H and O–H groups in total. The number of nitrogens with one attached hydrogen (secondary N) is 1. The fraction of sp³-hybridized carbons (Fsp3) is 0.231. The van der Waals surface area contributed by atoms with E-state index in [1.165, 1.54) is 0 Å². The first-order valence-corrected chi connectivity index (χ1v) is 11.1. The smallest absolute Gasteiger partial charge is 0.251 e. The van der Waals surface area contributed by atoms with Gasteiger partial charge in [-0.2, -0.15) is 0 Å². The number of halogens is 1. The third kappa shape index (κ3) is 4.94. The highest BCUT2D eigenvalue weighted by atomic mass is 35.5. The van der Waals surface area contributed by atoms with Crippen molar-refractivity contribution in [3.8, 4) is 5.75 Å². The number of carbonyl (C=O) groups is 1. The number of hydrogen-bond acceptors (Lipinski definition) is 3. The van der Waals surface area contributed by atoms with Gasteiger partial charge in [-0.25, -0.2) is 4.98 Å². The van der Waals surface area contributed by atoms with Gasteiger partial charge in [0.05, 0.1) is 28.7 Å². The van der Waals surface area contributed by atoms with Gasteiger partial charge in [0.25, 0.3) is 5.91 Å². The van der Waals surface area contributed by atoms with Crippen molar-refractivity contribution in [1.29, 1.82) is 0 Å². The first-order chi connectivity index (χ1) is 15.5. The lowest BCUT2D eigenvalue weighted by molar-refractivity contribution is 0.0937. The average Bonchev–Trinajstić information content (AvgIpc) is 3.17. The monoisotopic (exact) mass is 447 g/mol. The van der Waals surface area contributed by atoms with Crippen LogP contribution in [0.1, 0.15) is 41.1 Å². The van der Waals surface area contributed by atoms with Crippen molar-refractivity contribution in [3.05, 3.63) is 94.8 Å². The molecule has 0 aliphatic rings. The zero-order chi connectivity index (χ0) is 22.5. The Hall–Kier alpha value is -3.31. The number of aryl methyl sites for hydroxylation is 2.